The summed E-state index contributed by atoms with van der Waals surface area (Å²) in [5, 5.41) is 5.01. The molecule has 0 spiro atoms. The van der Waals surface area contributed by atoms with Gasteiger partial charge in [0.25, 0.3) is 5.91 Å². The minimum atomic E-state index is -0.679. The number of amides is 2. The summed E-state index contributed by atoms with van der Waals surface area (Å²) in [6.07, 6.45) is 0. The summed E-state index contributed by atoms with van der Waals surface area (Å²) in [5.74, 6) is -1.14. The SMILES string of the molecule is O=C(COC(=O)COc1ccccc1)NCC(=O)Nc1ccccc1Br. The molecule has 7 nitrogen and oxygen atoms in total. The summed E-state index contributed by atoms with van der Waals surface area (Å²) in [6.45, 7) is -1.03. The van der Waals surface area contributed by atoms with Crippen LogP contribution in [0.1, 0.15) is 0 Å². The van der Waals surface area contributed by atoms with Crippen molar-refractivity contribution in [3.05, 3.63) is 59.1 Å². The molecule has 0 unspecified atom stereocenters. The summed E-state index contributed by atoms with van der Waals surface area (Å²) in [7, 11) is 0. The molecule has 0 aliphatic heterocycles. The Balaban J connectivity index is 1.63. The molecule has 136 valence electrons. The molecule has 0 aliphatic rings. The van der Waals surface area contributed by atoms with Crippen molar-refractivity contribution in [2.75, 3.05) is 25.1 Å². The largest absolute Gasteiger partial charge is 0.482 e. The van der Waals surface area contributed by atoms with Crippen LogP contribution >= 0.6 is 15.9 Å². The molecule has 0 aromatic heterocycles. The third kappa shape index (κ3) is 6.94. The van der Waals surface area contributed by atoms with Gasteiger partial charge in [0.15, 0.2) is 13.2 Å². The predicted octanol–water partition coefficient (Wildman–Crippen LogP) is 2.13. The van der Waals surface area contributed by atoms with Gasteiger partial charge in [-0.2, -0.15) is 0 Å². The van der Waals surface area contributed by atoms with Gasteiger partial charge in [-0.15, -0.1) is 0 Å². The molecule has 0 fully saturated rings. The lowest BCUT2D eigenvalue weighted by Crippen LogP contribution is -2.36. The molecule has 0 saturated heterocycles. The maximum atomic E-state index is 11.8. The van der Waals surface area contributed by atoms with Crippen molar-refractivity contribution in [2.45, 2.75) is 0 Å². The van der Waals surface area contributed by atoms with Crippen LogP contribution in [-0.4, -0.2) is 37.5 Å². The second kappa shape index (κ2) is 10.2. The van der Waals surface area contributed by atoms with Gasteiger partial charge in [-0.05, 0) is 40.2 Å². The van der Waals surface area contributed by atoms with Crippen molar-refractivity contribution >= 4 is 39.4 Å². The van der Waals surface area contributed by atoms with E-state index in [-0.39, 0.29) is 13.2 Å². The molecule has 2 amide bonds. The summed E-state index contributed by atoms with van der Waals surface area (Å²) >= 11 is 3.31. The first kappa shape index (κ1) is 19.5. The number of carbonyl (C=O) groups is 3. The molecule has 0 atom stereocenters. The Morgan fingerprint density at radius 3 is 2.31 bits per heavy atom. The highest BCUT2D eigenvalue weighted by atomic mass is 79.9. The summed E-state index contributed by atoms with van der Waals surface area (Å²) < 4.78 is 10.7. The van der Waals surface area contributed by atoms with E-state index >= 15 is 0 Å². The number of anilines is 1. The Hall–Kier alpha value is -2.87. The molecule has 0 heterocycles. The van der Waals surface area contributed by atoms with Crippen LogP contribution in [0, 0.1) is 0 Å². The number of hydrogen-bond acceptors (Lipinski definition) is 5. The maximum Gasteiger partial charge on any atom is 0.344 e. The van der Waals surface area contributed by atoms with Gasteiger partial charge in [0.1, 0.15) is 5.75 Å². The van der Waals surface area contributed by atoms with Gasteiger partial charge < -0.3 is 20.1 Å². The Bertz CT molecular complexity index is 767. The van der Waals surface area contributed by atoms with Crippen LogP contribution in [0.3, 0.4) is 0 Å². The van der Waals surface area contributed by atoms with Gasteiger partial charge in [-0.1, -0.05) is 30.3 Å². The smallest absolute Gasteiger partial charge is 0.344 e. The van der Waals surface area contributed by atoms with E-state index in [1.54, 1.807) is 42.5 Å². The Labute approximate surface area is 158 Å². The van der Waals surface area contributed by atoms with Gasteiger partial charge in [0.2, 0.25) is 5.91 Å². The van der Waals surface area contributed by atoms with Crippen LogP contribution in [0.5, 0.6) is 5.75 Å². The number of carbonyl (C=O) groups excluding carboxylic acids is 3. The van der Waals surface area contributed by atoms with E-state index < -0.39 is 24.4 Å². The average molecular weight is 421 g/mol. The zero-order valence-corrected chi connectivity index (χ0v) is 15.3. The van der Waals surface area contributed by atoms with Crippen LogP contribution in [0.25, 0.3) is 0 Å². The van der Waals surface area contributed by atoms with Crippen LogP contribution in [0.4, 0.5) is 5.69 Å². The number of hydrogen-bond donors (Lipinski definition) is 2. The fraction of sp³-hybridized carbons (Fsp3) is 0.167. The maximum absolute atomic E-state index is 11.8. The van der Waals surface area contributed by atoms with Crippen molar-refractivity contribution in [1.82, 2.24) is 5.32 Å². The fourth-order valence-electron chi connectivity index (χ4n) is 1.83. The number of rotatable bonds is 8. The van der Waals surface area contributed by atoms with Crippen LogP contribution in [0.15, 0.2) is 59.1 Å². The van der Waals surface area contributed by atoms with Crippen LogP contribution < -0.4 is 15.4 Å². The van der Waals surface area contributed by atoms with Crippen LogP contribution in [-0.2, 0) is 19.1 Å². The Morgan fingerprint density at radius 2 is 1.58 bits per heavy atom. The molecule has 0 aliphatic carbocycles. The lowest BCUT2D eigenvalue weighted by Gasteiger charge is -2.09. The van der Waals surface area contributed by atoms with E-state index in [0.29, 0.717) is 11.4 Å². The lowest BCUT2D eigenvalue weighted by atomic mass is 10.3. The number of para-hydroxylation sites is 2. The second-order valence-electron chi connectivity index (χ2n) is 5.07. The molecular formula is C18H17BrN2O5. The standard InChI is InChI=1S/C18H17BrN2O5/c19-14-8-4-5-9-15(14)21-16(22)10-20-17(23)11-26-18(24)12-25-13-6-2-1-3-7-13/h1-9H,10-12H2,(H,20,23)(H,21,22). The van der Waals surface area contributed by atoms with Gasteiger partial charge in [0, 0.05) is 4.47 Å². The first-order valence-electron chi connectivity index (χ1n) is 7.69. The molecule has 8 heteroatoms. The second-order valence-corrected chi connectivity index (χ2v) is 5.92. The Morgan fingerprint density at radius 1 is 0.885 bits per heavy atom. The third-order valence-corrected chi connectivity index (χ3v) is 3.75. The van der Waals surface area contributed by atoms with E-state index in [2.05, 4.69) is 26.6 Å². The summed E-state index contributed by atoms with van der Waals surface area (Å²) in [6, 6.07) is 15.9. The summed E-state index contributed by atoms with van der Waals surface area (Å²) in [5.41, 5.74) is 0.594. The number of halogens is 1. The molecule has 2 aromatic rings. The van der Waals surface area contributed by atoms with Crippen molar-refractivity contribution in [3.63, 3.8) is 0 Å². The highest BCUT2D eigenvalue weighted by molar-refractivity contribution is 9.10. The van der Waals surface area contributed by atoms with E-state index in [4.69, 9.17) is 9.47 Å². The van der Waals surface area contributed by atoms with Crippen molar-refractivity contribution in [1.29, 1.82) is 0 Å². The lowest BCUT2D eigenvalue weighted by molar-refractivity contribution is -0.150. The number of ether oxygens (including phenoxy) is 2. The van der Waals surface area contributed by atoms with E-state index in [1.807, 2.05) is 12.1 Å². The molecule has 2 rings (SSSR count). The minimum absolute atomic E-state index is 0.238. The summed E-state index contributed by atoms with van der Waals surface area (Å²) in [4.78, 5) is 34.9. The average Bonchev–Trinajstić information content (AvgIpc) is 2.65. The molecule has 0 radical (unpaired) electrons. The van der Waals surface area contributed by atoms with Gasteiger partial charge in [-0.3, -0.25) is 9.59 Å². The number of esters is 1. The monoisotopic (exact) mass is 420 g/mol. The van der Waals surface area contributed by atoms with Crippen molar-refractivity contribution < 1.29 is 23.9 Å². The molecule has 2 aromatic carbocycles. The normalized spacial score (nSPS) is 9.88. The topological polar surface area (TPSA) is 93.7 Å². The van der Waals surface area contributed by atoms with Crippen LogP contribution in [0.2, 0.25) is 0 Å². The first-order valence-corrected chi connectivity index (χ1v) is 8.48. The predicted molar refractivity (Wildman–Crippen MR) is 98.7 cm³/mol. The zero-order valence-electron chi connectivity index (χ0n) is 13.7. The van der Waals surface area contributed by atoms with E-state index in [0.717, 1.165) is 4.47 Å². The zero-order chi connectivity index (χ0) is 18.8. The van der Waals surface area contributed by atoms with Gasteiger partial charge in [-0.25, -0.2) is 4.79 Å². The molecule has 2 N–H and O–H groups in total. The van der Waals surface area contributed by atoms with Gasteiger partial charge >= 0.3 is 5.97 Å². The van der Waals surface area contributed by atoms with Crippen molar-refractivity contribution in [2.24, 2.45) is 0 Å². The number of benzene rings is 2. The quantitative estimate of drug-likeness (QED) is 0.637. The molecular weight excluding hydrogens is 404 g/mol. The highest BCUT2D eigenvalue weighted by Crippen LogP contribution is 2.20. The van der Waals surface area contributed by atoms with E-state index in [1.165, 1.54) is 0 Å². The minimum Gasteiger partial charge on any atom is -0.482 e. The molecule has 26 heavy (non-hydrogen) atoms. The molecule has 0 bridgehead atoms. The third-order valence-electron chi connectivity index (χ3n) is 3.06. The van der Waals surface area contributed by atoms with E-state index in [9.17, 15) is 14.4 Å². The highest BCUT2D eigenvalue weighted by Gasteiger charge is 2.10. The Kier molecular flexibility index (Phi) is 7.63. The fourth-order valence-corrected chi connectivity index (χ4v) is 2.22. The van der Waals surface area contributed by atoms with Crippen molar-refractivity contribution in [3.8, 4) is 5.75 Å². The molecule has 0 saturated carbocycles. The first-order chi connectivity index (χ1) is 12.5. The van der Waals surface area contributed by atoms with Gasteiger partial charge in [0.05, 0.1) is 12.2 Å². The number of nitrogens with one attached hydrogen (secondary N) is 2.